The average molecular weight is 282 g/mol. The van der Waals surface area contributed by atoms with Gasteiger partial charge in [-0.1, -0.05) is 0 Å². The molecule has 0 aromatic carbocycles. The fourth-order valence-electron chi connectivity index (χ4n) is 0.874. The highest BCUT2D eigenvalue weighted by atomic mass is 79.9. The zero-order valence-electron chi connectivity index (χ0n) is 7.38. The second kappa shape index (κ2) is 5.90. The molecule has 0 spiro atoms. The summed E-state index contributed by atoms with van der Waals surface area (Å²) in [6.07, 6.45) is 1.73. The van der Waals surface area contributed by atoms with Crippen LogP contribution in [0.3, 0.4) is 0 Å². The first kappa shape index (κ1) is 11.4. The fourth-order valence-corrected chi connectivity index (χ4v) is 2.73. The molecule has 1 heterocycles. The van der Waals surface area contributed by atoms with Gasteiger partial charge in [-0.15, -0.1) is 11.3 Å². The second-order valence-corrected chi connectivity index (χ2v) is 6.15. The lowest BCUT2D eigenvalue weighted by Crippen LogP contribution is -2.18. The van der Waals surface area contributed by atoms with Crippen LogP contribution < -0.4 is 5.32 Å². The molecule has 0 radical (unpaired) electrons. The second-order valence-electron chi connectivity index (χ2n) is 2.69. The normalized spacial score (nSPS) is 13.1. The smallest absolute Gasteiger partial charge is 0.0357 e. The molecular formula is C8H12BrNOS2. The van der Waals surface area contributed by atoms with E-state index in [1.807, 2.05) is 0 Å². The Bertz CT molecular complexity index is 287. The average Bonchev–Trinajstić information content (AvgIpc) is 2.45. The van der Waals surface area contributed by atoms with E-state index in [-0.39, 0.29) is 0 Å². The van der Waals surface area contributed by atoms with Crippen molar-refractivity contribution in [3.63, 3.8) is 0 Å². The lowest BCUT2D eigenvalue weighted by atomic mass is 10.4. The summed E-state index contributed by atoms with van der Waals surface area (Å²) in [6.45, 7) is 1.69. The molecule has 0 aliphatic rings. The molecule has 0 saturated carbocycles. The molecule has 1 aromatic heterocycles. The molecule has 1 aromatic rings. The molecule has 0 saturated heterocycles. The lowest BCUT2D eigenvalue weighted by Gasteiger charge is -1.99. The highest BCUT2D eigenvalue weighted by molar-refractivity contribution is 9.10. The SMILES string of the molecule is CS(=O)CCNCc1cc(Br)cs1. The van der Waals surface area contributed by atoms with Crippen LogP contribution in [0.1, 0.15) is 4.88 Å². The Morgan fingerprint density at radius 2 is 2.46 bits per heavy atom. The van der Waals surface area contributed by atoms with Gasteiger partial charge in [0.05, 0.1) is 0 Å². The van der Waals surface area contributed by atoms with Crippen molar-refractivity contribution >= 4 is 38.1 Å². The number of hydrogen-bond donors (Lipinski definition) is 1. The van der Waals surface area contributed by atoms with Gasteiger partial charge < -0.3 is 5.32 Å². The molecule has 0 bridgehead atoms. The molecule has 0 aliphatic carbocycles. The standard InChI is InChI=1S/C8H12BrNOS2/c1-13(11)3-2-10-5-8-4-7(9)6-12-8/h4,6,10H,2-3,5H2,1H3. The number of halogens is 1. The maximum absolute atomic E-state index is 10.7. The van der Waals surface area contributed by atoms with E-state index in [0.29, 0.717) is 0 Å². The number of rotatable bonds is 5. The zero-order chi connectivity index (χ0) is 9.68. The van der Waals surface area contributed by atoms with Gasteiger partial charge in [0, 0.05) is 50.6 Å². The Morgan fingerprint density at radius 3 is 3.00 bits per heavy atom. The van der Waals surface area contributed by atoms with Crippen LogP contribution in [0.4, 0.5) is 0 Å². The largest absolute Gasteiger partial charge is 0.311 e. The van der Waals surface area contributed by atoms with Crippen LogP contribution in [0.5, 0.6) is 0 Å². The molecule has 1 unspecified atom stereocenters. The summed E-state index contributed by atoms with van der Waals surface area (Å²) < 4.78 is 11.9. The van der Waals surface area contributed by atoms with E-state index in [0.717, 1.165) is 23.3 Å². The summed E-state index contributed by atoms with van der Waals surface area (Å²) in [7, 11) is -0.687. The van der Waals surface area contributed by atoms with Gasteiger partial charge in [-0.3, -0.25) is 4.21 Å². The van der Waals surface area contributed by atoms with Gasteiger partial charge in [0.2, 0.25) is 0 Å². The van der Waals surface area contributed by atoms with Crippen LogP contribution in [-0.4, -0.2) is 22.8 Å². The maximum atomic E-state index is 10.7. The van der Waals surface area contributed by atoms with Gasteiger partial charge in [-0.05, 0) is 22.0 Å². The van der Waals surface area contributed by atoms with Gasteiger partial charge in [0.15, 0.2) is 0 Å². The zero-order valence-corrected chi connectivity index (χ0v) is 10.6. The van der Waals surface area contributed by atoms with Crippen LogP contribution in [0.15, 0.2) is 15.9 Å². The highest BCUT2D eigenvalue weighted by Gasteiger charge is 1.96. The molecule has 2 nitrogen and oxygen atoms in total. The van der Waals surface area contributed by atoms with Gasteiger partial charge in [-0.25, -0.2) is 0 Å². The summed E-state index contributed by atoms with van der Waals surface area (Å²) in [6, 6.07) is 2.10. The van der Waals surface area contributed by atoms with Crippen LogP contribution in [0.2, 0.25) is 0 Å². The van der Waals surface area contributed by atoms with E-state index < -0.39 is 10.8 Å². The predicted octanol–water partition coefficient (Wildman–Crippen LogP) is 1.98. The van der Waals surface area contributed by atoms with E-state index in [2.05, 4.69) is 32.7 Å². The van der Waals surface area contributed by atoms with E-state index in [9.17, 15) is 4.21 Å². The molecule has 0 amide bonds. The van der Waals surface area contributed by atoms with E-state index in [4.69, 9.17) is 0 Å². The predicted molar refractivity (Wildman–Crippen MR) is 62.7 cm³/mol. The highest BCUT2D eigenvalue weighted by Crippen LogP contribution is 2.19. The fraction of sp³-hybridized carbons (Fsp3) is 0.500. The van der Waals surface area contributed by atoms with Crippen molar-refractivity contribution in [2.75, 3.05) is 18.6 Å². The summed E-state index contributed by atoms with van der Waals surface area (Å²) in [5.74, 6) is 0.729. The van der Waals surface area contributed by atoms with Crippen molar-refractivity contribution in [1.29, 1.82) is 0 Å². The van der Waals surface area contributed by atoms with Crippen molar-refractivity contribution in [2.45, 2.75) is 6.54 Å². The summed E-state index contributed by atoms with van der Waals surface area (Å²) in [4.78, 5) is 1.30. The molecule has 13 heavy (non-hydrogen) atoms. The third-order valence-corrected chi connectivity index (χ3v) is 3.96. The Balaban J connectivity index is 2.16. The molecule has 5 heteroatoms. The minimum atomic E-state index is -0.687. The topological polar surface area (TPSA) is 29.1 Å². The van der Waals surface area contributed by atoms with Crippen LogP contribution in [0.25, 0.3) is 0 Å². The minimum Gasteiger partial charge on any atom is -0.311 e. The van der Waals surface area contributed by atoms with Crippen LogP contribution >= 0.6 is 27.3 Å². The molecule has 74 valence electrons. The van der Waals surface area contributed by atoms with Crippen LogP contribution in [-0.2, 0) is 17.3 Å². The number of hydrogen-bond acceptors (Lipinski definition) is 3. The number of nitrogens with one attached hydrogen (secondary N) is 1. The quantitative estimate of drug-likeness (QED) is 0.837. The monoisotopic (exact) mass is 281 g/mol. The first-order valence-electron chi connectivity index (χ1n) is 3.92. The van der Waals surface area contributed by atoms with Gasteiger partial charge in [-0.2, -0.15) is 0 Å². The summed E-state index contributed by atoms with van der Waals surface area (Å²) in [5.41, 5.74) is 0. The van der Waals surface area contributed by atoms with Crippen molar-refractivity contribution in [2.24, 2.45) is 0 Å². The third-order valence-electron chi connectivity index (χ3n) is 1.49. The third kappa shape index (κ3) is 4.90. The molecular weight excluding hydrogens is 270 g/mol. The molecule has 0 aliphatic heterocycles. The first-order valence-corrected chi connectivity index (χ1v) is 7.32. The summed E-state index contributed by atoms with van der Waals surface area (Å²) in [5, 5.41) is 5.31. The Labute approximate surface area is 93.3 Å². The van der Waals surface area contributed by atoms with E-state index in [1.165, 1.54) is 4.88 Å². The first-order chi connectivity index (χ1) is 6.18. The molecule has 1 N–H and O–H groups in total. The minimum absolute atomic E-state index is 0.687. The van der Waals surface area contributed by atoms with Crippen molar-refractivity contribution in [3.8, 4) is 0 Å². The van der Waals surface area contributed by atoms with Crippen molar-refractivity contribution < 1.29 is 4.21 Å². The van der Waals surface area contributed by atoms with Crippen molar-refractivity contribution in [1.82, 2.24) is 5.32 Å². The Hall–Kier alpha value is 0.290. The van der Waals surface area contributed by atoms with Gasteiger partial charge in [0.25, 0.3) is 0 Å². The maximum Gasteiger partial charge on any atom is 0.0357 e. The molecule has 1 rings (SSSR count). The van der Waals surface area contributed by atoms with E-state index >= 15 is 0 Å². The summed E-state index contributed by atoms with van der Waals surface area (Å²) >= 11 is 5.12. The van der Waals surface area contributed by atoms with Gasteiger partial charge >= 0.3 is 0 Å². The van der Waals surface area contributed by atoms with E-state index in [1.54, 1.807) is 17.6 Å². The Morgan fingerprint density at radius 1 is 1.69 bits per heavy atom. The van der Waals surface area contributed by atoms with Gasteiger partial charge in [0.1, 0.15) is 0 Å². The van der Waals surface area contributed by atoms with Crippen LogP contribution in [0, 0.1) is 0 Å². The molecule has 0 fully saturated rings. The molecule has 1 atom stereocenters. The number of thiophene rings is 1. The lowest BCUT2D eigenvalue weighted by molar-refractivity contribution is 0.678. The Kier molecular flexibility index (Phi) is 5.16. The van der Waals surface area contributed by atoms with Crippen molar-refractivity contribution in [3.05, 3.63) is 20.8 Å².